The lowest BCUT2D eigenvalue weighted by Gasteiger charge is -2.18. The van der Waals surface area contributed by atoms with Crippen molar-refractivity contribution in [3.8, 4) is 11.5 Å². The van der Waals surface area contributed by atoms with Gasteiger partial charge in [0.1, 0.15) is 6.61 Å². The SMILES string of the molecule is CCCCNC(N)=NCc1ccc(OCCN(CC)CC)c(OC)c1. The van der Waals surface area contributed by atoms with Gasteiger partial charge in [-0.2, -0.15) is 0 Å². The van der Waals surface area contributed by atoms with Crippen LogP contribution >= 0.6 is 0 Å². The van der Waals surface area contributed by atoms with Gasteiger partial charge >= 0.3 is 0 Å². The Bertz CT molecular complexity index is 516. The number of hydrogen-bond donors (Lipinski definition) is 2. The minimum absolute atomic E-state index is 0.479. The number of ether oxygens (including phenoxy) is 2. The van der Waals surface area contributed by atoms with Crippen LogP contribution in [0.3, 0.4) is 0 Å². The predicted molar refractivity (Wildman–Crippen MR) is 105 cm³/mol. The van der Waals surface area contributed by atoms with Crippen molar-refractivity contribution < 1.29 is 9.47 Å². The van der Waals surface area contributed by atoms with E-state index in [1.165, 1.54) is 0 Å². The maximum atomic E-state index is 5.87. The molecular weight excluding hydrogens is 316 g/mol. The average molecular weight is 351 g/mol. The van der Waals surface area contributed by atoms with Crippen LogP contribution in [0, 0.1) is 0 Å². The molecule has 0 saturated carbocycles. The minimum atomic E-state index is 0.479. The molecule has 0 radical (unpaired) electrons. The van der Waals surface area contributed by atoms with Gasteiger partial charge in [-0.1, -0.05) is 33.3 Å². The van der Waals surface area contributed by atoms with Gasteiger partial charge in [0.2, 0.25) is 0 Å². The lowest BCUT2D eigenvalue weighted by Crippen LogP contribution is -2.32. The van der Waals surface area contributed by atoms with Crippen molar-refractivity contribution >= 4 is 5.96 Å². The number of hydrogen-bond acceptors (Lipinski definition) is 4. The van der Waals surface area contributed by atoms with E-state index >= 15 is 0 Å². The number of rotatable bonds is 12. The van der Waals surface area contributed by atoms with E-state index in [-0.39, 0.29) is 0 Å². The highest BCUT2D eigenvalue weighted by atomic mass is 16.5. The minimum Gasteiger partial charge on any atom is -0.493 e. The van der Waals surface area contributed by atoms with E-state index < -0.39 is 0 Å². The number of nitrogens with zero attached hydrogens (tertiary/aromatic N) is 2. The largest absolute Gasteiger partial charge is 0.493 e. The van der Waals surface area contributed by atoms with Crippen LogP contribution in [-0.2, 0) is 6.54 Å². The highest BCUT2D eigenvalue weighted by Crippen LogP contribution is 2.28. The molecule has 0 fully saturated rings. The van der Waals surface area contributed by atoms with Crippen molar-refractivity contribution in [1.82, 2.24) is 10.2 Å². The van der Waals surface area contributed by atoms with Crippen molar-refractivity contribution in [2.75, 3.05) is 39.9 Å². The molecule has 0 unspecified atom stereocenters. The van der Waals surface area contributed by atoms with Crippen LogP contribution in [-0.4, -0.2) is 50.8 Å². The molecule has 1 rings (SSSR count). The second-order valence-corrected chi connectivity index (χ2v) is 5.84. The van der Waals surface area contributed by atoms with Crippen LogP contribution < -0.4 is 20.5 Å². The van der Waals surface area contributed by atoms with E-state index in [2.05, 4.69) is 36.0 Å². The molecule has 0 spiro atoms. The molecule has 25 heavy (non-hydrogen) atoms. The molecule has 0 aromatic heterocycles. The molecule has 3 N–H and O–H groups in total. The smallest absolute Gasteiger partial charge is 0.188 e. The summed E-state index contributed by atoms with van der Waals surface area (Å²) >= 11 is 0. The molecule has 6 heteroatoms. The van der Waals surface area contributed by atoms with Crippen LogP contribution in [0.15, 0.2) is 23.2 Å². The zero-order chi connectivity index (χ0) is 18.5. The number of nitrogens with one attached hydrogen (secondary N) is 1. The van der Waals surface area contributed by atoms with Crippen molar-refractivity contribution in [2.24, 2.45) is 10.7 Å². The number of nitrogens with two attached hydrogens (primary N) is 1. The Morgan fingerprint density at radius 3 is 2.60 bits per heavy atom. The van der Waals surface area contributed by atoms with Crippen molar-refractivity contribution in [2.45, 2.75) is 40.2 Å². The molecule has 142 valence electrons. The first kappa shape index (κ1) is 21.1. The summed E-state index contributed by atoms with van der Waals surface area (Å²) < 4.78 is 11.3. The van der Waals surface area contributed by atoms with Crippen LogP contribution in [0.1, 0.15) is 39.2 Å². The van der Waals surface area contributed by atoms with Gasteiger partial charge in [0.05, 0.1) is 13.7 Å². The van der Waals surface area contributed by atoms with Gasteiger partial charge < -0.3 is 25.4 Å². The molecule has 0 aliphatic heterocycles. The summed E-state index contributed by atoms with van der Waals surface area (Å²) in [5, 5.41) is 3.11. The first-order valence-corrected chi connectivity index (χ1v) is 9.20. The third-order valence-electron chi connectivity index (χ3n) is 4.06. The zero-order valence-corrected chi connectivity index (χ0v) is 16.2. The fourth-order valence-corrected chi connectivity index (χ4v) is 2.38. The highest BCUT2D eigenvalue weighted by molar-refractivity contribution is 5.77. The van der Waals surface area contributed by atoms with E-state index in [1.807, 2.05) is 18.2 Å². The second-order valence-electron chi connectivity index (χ2n) is 5.84. The molecule has 0 heterocycles. The summed E-state index contributed by atoms with van der Waals surface area (Å²) in [7, 11) is 1.65. The van der Waals surface area contributed by atoms with Crippen LogP contribution in [0.4, 0.5) is 0 Å². The molecule has 0 atom stereocenters. The summed E-state index contributed by atoms with van der Waals surface area (Å²) in [6.45, 7) is 11.4. The number of aliphatic imine (C=N–C) groups is 1. The van der Waals surface area contributed by atoms with Gasteiger partial charge in [-0.3, -0.25) is 0 Å². The molecular formula is C19H34N4O2. The number of unbranched alkanes of at least 4 members (excludes halogenated alkanes) is 1. The van der Waals surface area contributed by atoms with Gasteiger partial charge in [0.25, 0.3) is 0 Å². The van der Waals surface area contributed by atoms with Gasteiger partial charge in [-0.25, -0.2) is 4.99 Å². The quantitative estimate of drug-likeness (QED) is 0.344. The molecule has 0 aliphatic rings. The molecule has 6 nitrogen and oxygen atoms in total. The van der Waals surface area contributed by atoms with Crippen molar-refractivity contribution in [3.05, 3.63) is 23.8 Å². The Hall–Kier alpha value is -1.95. The molecule has 0 saturated heterocycles. The van der Waals surface area contributed by atoms with E-state index in [4.69, 9.17) is 15.2 Å². The van der Waals surface area contributed by atoms with E-state index in [0.717, 1.165) is 56.1 Å². The summed E-state index contributed by atoms with van der Waals surface area (Å²) in [5.41, 5.74) is 6.90. The lowest BCUT2D eigenvalue weighted by molar-refractivity contribution is 0.217. The van der Waals surface area contributed by atoms with Gasteiger partial charge in [-0.05, 0) is 37.2 Å². The fraction of sp³-hybridized carbons (Fsp3) is 0.632. The number of likely N-dealkylation sites (N-methyl/N-ethyl adjacent to an activating group) is 1. The Kier molecular flexibility index (Phi) is 10.5. The summed E-state index contributed by atoms with van der Waals surface area (Å²) in [5.74, 6) is 1.97. The van der Waals surface area contributed by atoms with Crippen molar-refractivity contribution in [1.29, 1.82) is 0 Å². The lowest BCUT2D eigenvalue weighted by atomic mass is 10.2. The number of guanidine groups is 1. The topological polar surface area (TPSA) is 72.1 Å². The molecule has 0 bridgehead atoms. The second kappa shape index (κ2) is 12.4. The highest BCUT2D eigenvalue weighted by Gasteiger charge is 2.07. The van der Waals surface area contributed by atoms with Gasteiger partial charge in [0, 0.05) is 13.1 Å². The molecule has 1 aromatic rings. The predicted octanol–water partition coefficient (Wildman–Crippen LogP) is 2.62. The Morgan fingerprint density at radius 2 is 1.96 bits per heavy atom. The first-order valence-electron chi connectivity index (χ1n) is 9.20. The monoisotopic (exact) mass is 350 g/mol. The Morgan fingerprint density at radius 1 is 1.20 bits per heavy atom. The number of methoxy groups -OCH3 is 1. The maximum absolute atomic E-state index is 5.87. The van der Waals surface area contributed by atoms with Gasteiger partial charge in [0.15, 0.2) is 17.5 Å². The first-order chi connectivity index (χ1) is 12.1. The third-order valence-corrected chi connectivity index (χ3v) is 4.06. The van der Waals surface area contributed by atoms with E-state index in [0.29, 0.717) is 19.1 Å². The summed E-state index contributed by atoms with van der Waals surface area (Å²) in [6, 6.07) is 5.89. The normalized spacial score (nSPS) is 11.6. The molecule has 0 amide bonds. The van der Waals surface area contributed by atoms with Crippen molar-refractivity contribution in [3.63, 3.8) is 0 Å². The van der Waals surface area contributed by atoms with Crippen LogP contribution in [0.5, 0.6) is 11.5 Å². The standard InChI is InChI=1S/C19H34N4O2/c1-5-8-11-21-19(20)22-15-16-9-10-17(18(14-16)24-4)25-13-12-23(6-2)7-3/h9-10,14H,5-8,11-13,15H2,1-4H3,(H3,20,21,22). The maximum Gasteiger partial charge on any atom is 0.188 e. The zero-order valence-electron chi connectivity index (χ0n) is 16.2. The third kappa shape index (κ3) is 8.12. The molecule has 1 aromatic carbocycles. The summed E-state index contributed by atoms with van der Waals surface area (Å²) in [6.07, 6.45) is 2.22. The average Bonchev–Trinajstić information content (AvgIpc) is 2.64. The van der Waals surface area contributed by atoms with Gasteiger partial charge in [-0.15, -0.1) is 0 Å². The fourth-order valence-electron chi connectivity index (χ4n) is 2.38. The Balaban J connectivity index is 2.57. The van der Waals surface area contributed by atoms with E-state index in [1.54, 1.807) is 7.11 Å². The number of benzene rings is 1. The molecule has 0 aliphatic carbocycles. The Labute approximate surface area is 152 Å². The van der Waals surface area contributed by atoms with Crippen LogP contribution in [0.2, 0.25) is 0 Å². The van der Waals surface area contributed by atoms with E-state index in [9.17, 15) is 0 Å². The summed E-state index contributed by atoms with van der Waals surface area (Å²) in [4.78, 5) is 6.68. The van der Waals surface area contributed by atoms with Crippen LogP contribution in [0.25, 0.3) is 0 Å².